The van der Waals surface area contributed by atoms with Crippen LogP contribution >= 0.6 is 0 Å². The Morgan fingerprint density at radius 3 is 2.36 bits per heavy atom. The number of carbonyl (C=O) groups excluding carboxylic acids is 2. The van der Waals surface area contributed by atoms with Crippen LogP contribution in [0.15, 0.2) is 47.4 Å². The average Bonchev–Trinajstić information content (AvgIpc) is 3.29. The van der Waals surface area contributed by atoms with Gasteiger partial charge in [0.1, 0.15) is 0 Å². The number of hydrogen-bond acceptors (Lipinski definition) is 6. The molecule has 2 atom stereocenters. The Bertz CT molecular complexity index is 1270. The van der Waals surface area contributed by atoms with Gasteiger partial charge in [0.15, 0.2) is 9.84 Å². The maximum absolute atomic E-state index is 13.4. The lowest BCUT2D eigenvalue weighted by atomic mass is 9.82. The summed E-state index contributed by atoms with van der Waals surface area (Å²) in [5.41, 5.74) is 3.69. The minimum absolute atomic E-state index is 0.00315. The van der Waals surface area contributed by atoms with E-state index in [-0.39, 0.29) is 23.0 Å². The Hall–Kier alpha value is -2.71. The average molecular weight is 555 g/mol. The van der Waals surface area contributed by atoms with E-state index in [0.29, 0.717) is 17.2 Å². The van der Waals surface area contributed by atoms with Crippen LogP contribution in [0, 0.1) is 11.8 Å². The number of fused-ring (bicyclic) bond motifs is 1. The highest BCUT2D eigenvalue weighted by Crippen LogP contribution is 2.39. The van der Waals surface area contributed by atoms with Gasteiger partial charge in [-0.15, -0.1) is 0 Å². The second kappa shape index (κ2) is 12.6. The van der Waals surface area contributed by atoms with E-state index in [1.54, 1.807) is 19.1 Å². The molecule has 1 aliphatic heterocycles. The molecule has 1 aliphatic carbocycles. The lowest BCUT2D eigenvalue weighted by molar-refractivity contribution is -0.141. The molecule has 7 nitrogen and oxygen atoms in total. The summed E-state index contributed by atoms with van der Waals surface area (Å²) < 4.78 is 29.3. The van der Waals surface area contributed by atoms with Crippen LogP contribution < -0.4 is 5.32 Å². The van der Waals surface area contributed by atoms with Crippen LogP contribution in [0.2, 0.25) is 0 Å². The van der Waals surface area contributed by atoms with Crippen LogP contribution in [-0.4, -0.2) is 44.6 Å². The first-order valence-corrected chi connectivity index (χ1v) is 15.9. The van der Waals surface area contributed by atoms with Crippen molar-refractivity contribution in [3.63, 3.8) is 0 Å². The summed E-state index contributed by atoms with van der Waals surface area (Å²) in [6.45, 7) is 8.13. The molecule has 4 rings (SSSR count). The summed E-state index contributed by atoms with van der Waals surface area (Å²) in [7, 11) is -2.04. The summed E-state index contributed by atoms with van der Waals surface area (Å²) in [6.07, 6.45) is 6.20. The molecule has 1 amide bonds. The van der Waals surface area contributed by atoms with Gasteiger partial charge in [0.05, 0.1) is 30.2 Å². The predicted molar refractivity (Wildman–Crippen MR) is 152 cm³/mol. The Kier molecular flexibility index (Phi) is 9.49. The largest absolute Gasteiger partial charge is 0.469 e. The van der Waals surface area contributed by atoms with Crippen molar-refractivity contribution in [3.05, 3.63) is 64.7 Å². The van der Waals surface area contributed by atoms with E-state index in [1.165, 1.54) is 56.1 Å². The highest BCUT2D eigenvalue weighted by atomic mass is 32.2. The standard InChI is InChI=1S/C31H42N2O5S/c1-5-29-27-16-13-24(17-25(27)20-33(29)19-22-9-7-21(3)8-10-22)31(35)32-28(18-30(34)38-4)23-11-14-26(15-12-23)39(36,37)6-2/h11-17,21-22,28-29H,5-10,18-20H2,1-4H3,(H,32,35)/t21-,22-,28-,29-/m0/s1. The molecule has 2 aromatic rings. The van der Waals surface area contributed by atoms with Crippen LogP contribution in [0.3, 0.4) is 0 Å². The number of carbonyl (C=O) groups is 2. The lowest BCUT2D eigenvalue weighted by Crippen LogP contribution is -2.30. The van der Waals surface area contributed by atoms with Gasteiger partial charge in [-0.1, -0.05) is 51.8 Å². The fraction of sp³-hybridized carbons (Fsp3) is 0.548. The normalized spacial score (nSPS) is 22.2. The van der Waals surface area contributed by atoms with Gasteiger partial charge in [0, 0.05) is 24.7 Å². The summed E-state index contributed by atoms with van der Waals surface area (Å²) in [5, 5.41) is 2.98. The third-order valence-corrected chi connectivity index (χ3v) is 10.3. The van der Waals surface area contributed by atoms with Crippen LogP contribution in [0.4, 0.5) is 0 Å². The Morgan fingerprint density at radius 1 is 1.05 bits per heavy atom. The Morgan fingerprint density at radius 2 is 1.74 bits per heavy atom. The number of hydrogen-bond donors (Lipinski definition) is 1. The van der Waals surface area contributed by atoms with Crippen molar-refractivity contribution in [1.82, 2.24) is 10.2 Å². The van der Waals surface area contributed by atoms with E-state index in [1.807, 2.05) is 12.1 Å². The second-order valence-electron chi connectivity index (χ2n) is 11.2. The molecule has 2 aromatic carbocycles. The molecule has 8 heteroatoms. The van der Waals surface area contributed by atoms with Crippen molar-refractivity contribution < 1.29 is 22.7 Å². The summed E-state index contributed by atoms with van der Waals surface area (Å²) in [4.78, 5) is 28.3. The molecule has 0 saturated heterocycles. The fourth-order valence-corrected chi connectivity index (χ4v) is 6.95. The molecule has 1 heterocycles. The number of methoxy groups -OCH3 is 1. The molecule has 1 N–H and O–H groups in total. The van der Waals surface area contributed by atoms with E-state index in [2.05, 4.69) is 30.1 Å². The van der Waals surface area contributed by atoms with Crippen LogP contribution in [0.5, 0.6) is 0 Å². The summed E-state index contributed by atoms with van der Waals surface area (Å²) in [6, 6.07) is 12.0. The minimum Gasteiger partial charge on any atom is -0.469 e. The number of benzene rings is 2. The number of esters is 1. The summed E-state index contributed by atoms with van der Waals surface area (Å²) >= 11 is 0. The number of ether oxygens (including phenoxy) is 1. The topological polar surface area (TPSA) is 92.8 Å². The van der Waals surface area contributed by atoms with Crippen molar-refractivity contribution in [1.29, 1.82) is 0 Å². The number of rotatable bonds is 10. The molecule has 1 saturated carbocycles. The van der Waals surface area contributed by atoms with E-state index in [9.17, 15) is 18.0 Å². The first kappa shape index (κ1) is 29.3. The van der Waals surface area contributed by atoms with Gasteiger partial charge in [-0.05, 0) is 72.1 Å². The third kappa shape index (κ3) is 6.90. The van der Waals surface area contributed by atoms with E-state index in [0.717, 1.165) is 31.3 Å². The van der Waals surface area contributed by atoms with Gasteiger partial charge >= 0.3 is 5.97 Å². The van der Waals surface area contributed by atoms with E-state index < -0.39 is 21.8 Å². The van der Waals surface area contributed by atoms with Gasteiger partial charge in [-0.2, -0.15) is 0 Å². The Balaban J connectivity index is 1.49. The fourth-order valence-electron chi connectivity index (χ4n) is 6.07. The monoisotopic (exact) mass is 554 g/mol. The highest BCUT2D eigenvalue weighted by Gasteiger charge is 2.32. The van der Waals surface area contributed by atoms with E-state index in [4.69, 9.17) is 4.74 Å². The maximum atomic E-state index is 13.4. The van der Waals surface area contributed by atoms with Crippen molar-refractivity contribution >= 4 is 21.7 Å². The minimum atomic E-state index is -3.35. The first-order valence-electron chi connectivity index (χ1n) is 14.2. The molecule has 0 spiro atoms. The van der Waals surface area contributed by atoms with Crippen LogP contribution in [0.25, 0.3) is 0 Å². The van der Waals surface area contributed by atoms with Crippen molar-refractivity contribution in [3.8, 4) is 0 Å². The number of nitrogens with one attached hydrogen (secondary N) is 1. The van der Waals surface area contributed by atoms with Crippen molar-refractivity contribution in [2.24, 2.45) is 11.8 Å². The zero-order valence-corrected chi connectivity index (χ0v) is 24.4. The van der Waals surface area contributed by atoms with Crippen LogP contribution in [0.1, 0.15) is 98.4 Å². The highest BCUT2D eigenvalue weighted by molar-refractivity contribution is 7.91. The van der Waals surface area contributed by atoms with Crippen molar-refractivity contribution in [2.75, 3.05) is 19.4 Å². The van der Waals surface area contributed by atoms with E-state index >= 15 is 0 Å². The van der Waals surface area contributed by atoms with Crippen LogP contribution in [-0.2, 0) is 25.9 Å². The maximum Gasteiger partial charge on any atom is 0.307 e. The molecule has 1 fully saturated rings. The molecular formula is C31H42N2O5S. The first-order chi connectivity index (χ1) is 18.6. The van der Waals surface area contributed by atoms with Gasteiger partial charge in [0.25, 0.3) is 5.91 Å². The third-order valence-electron chi connectivity index (χ3n) is 8.52. The van der Waals surface area contributed by atoms with Gasteiger partial charge in [-0.3, -0.25) is 14.5 Å². The predicted octanol–water partition coefficient (Wildman–Crippen LogP) is 5.61. The molecule has 39 heavy (non-hydrogen) atoms. The van der Waals surface area contributed by atoms with Gasteiger partial charge in [-0.25, -0.2) is 8.42 Å². The zero-order valence-electron chi connectivity index (χ0n) is 23.6. The molecular weight excluding hydrogens is 512 g/mol. The summed E-state index contributed by atoms with van der Waals surface area (Å²) in [5.74, 6) is 0.849. The molecule has 0 radical (unpaired) electrons. The number of nitrogens with zero attached hydrogens (tertiary/aromatic N) is 1. The zero-order chi connectivity index (χ0) is 28.2. The number of sulfone groups is 1. The quantitative estimate of drug-likeness (QED) is 0.384. The second-order valence-corrected chi connectivity index (χ2v) is 13.4. The smallest absolute Gasteiger partial charge is 0.307 e. The van der Waals surface area contributed by atoms with Gasteiger partial charge in [0.2, 0.25) is 0 Å². The molecule has 212 valence electrons. The molecule has 2 aliphatic rings. The number of amides is 1. The Labute approximate surface area is 233 Å². The molecule has 0 aromatic heterocycles. The molecule has 0 bridgehead atoms. The van der Waals surface area contributed by atoms with Gasteiger partial charge < -0.3 is 10.1 Å². The SMILES string of the molecule is CC[C@H]1c2ccc(C(=O)N[C@@H](CC(=O)OC)c3ccc(S(=O)(=O)CC)cc3)cc2CN1C[C@H]1CC[C@H](C)CC1. The lowest BCUT2D eigenvalue weighted by Gasteiger charge is -2.32. The molecule has 0 unspecified atom stereocenters. The van der Waals surface area contributed by atoms with Crippen molar-refractivity contribution in [2.45, 2.75) is 82.8 Å².